The Morgan fingerprint density at radius 3 is 2.95 bits per heavy atom. The van der Waals surface area contributed by atoms with Crippen molar-refractivity contribution in [3.8, 4) is 17.3 Å². The zero-order chi connectivity index (χ0) is 14.4. The molecule has 3 N–H and O–H groups in total. The average molecular weight is 284 g/mol. The summed E-state index contributed by atoms with van der Waals surface area (Å²) in [5.74, 6) is 2.06. The highest BCUT2D eigenvalue weighted by Gasteiger charge is 2.37. The summed E-state index contributed by atoms with van der Waals surface area (Å²) >= 11 is 0. The number of ether oxygens (including phenoxy) is 1. The lowest BCUT2D eigenvalue weighted by Gasteiger charge is -2.35. The summed E-state index contributed by atoms with van der Waals surface area (Å²) in [5, 5.41) is 0. The molecular formula is C15H16N4O2. The first kappa shape index (κ1) is 12.4. The van der Waals surface area contributed by atoms with E-state index in [2.05, 4.69) is 15.0 Å². The monoisotopic (exact) mass is 284 g/mol. The van der Waals surface area contributed by atoms with Crippen LogP contribution in [-0.4, -0.2) is 22.1 Å². The summed E-state index contributed by atoms with van der Waals surface area (Å²) in [6.07, 6.45) is 4.80. The summed E-state index contributed by atoms with van der Waals surface area (Å²) in [5.41, 5.74) is 8.17. The minimum Gasteiger partial charge on any atom is -0.497 e. The SMILES string of the molecule is COc1ccc2nc(-c3cnc(C4(N)CCC4)[nH]3)oc2c1. The van der Waals surface area contributed by atoms with Crippen molar-refractivity contribution in [1.82, 2.24) is 15.0 Å². The molecule has 0 radical (unpaired) electrons. The smallest absolute Gasteiger partial charge is 0.245 e. The number of nitrogens with two attached hydrogens (primary N) is 1. The molecule has 3 aromatic rings. The van der Waals surface area contributed by atoms with Gasteiger partial charge in [0.1, 0.15) is 22.8 Å². The molecule has 6 nitrogen and oxygen atoms in total. The van der Waals surface area contributed by atoms with E-state index in [0.29, 0.717) is 11.5 Å². The predicted octanol–water partition coefficient (Wildman–Crippen LogP) is 2.56. The third kappa shape index (κ3) is 1.91. The highest BCUT2D eigenvalue weighted by Crippen LogP contribution is 2.37. The van der Waals surface area contributed by atoms with Gasteiger partial charge in [0.15, 0.2) is 5.58 Å². The zero-order valence-electron chi connectivity index (χ0n) is 11.7. The lowest BCUT2D eigenvalue weighted by Crippen LogP contribution is -2.44. The minimum absolute atomic E-state index is 0.312. The molecule has 0 atom stereocenters. The van der Waals surface area contributed by atoms with E-state index in [1.54, 1.807) is 13.3 Å². The second kappa shape index (κ2) is 4.33. The van der Waals surface area contributed by atoms with E-state index in [-0.39, 0.29) is 5.54 Å². The maximum absolute atomic E-state index is 6.27. The van der Waals surface area contributed by atoms with Gasteiger partial charge < -0.3 is 19.9 Å². The maximum Gasteiger partial charge on any atom is 0.245 e. The first-order valence-electron chi connectivity index (χ1n) is 6.97. The van der Waals surface area contributed by atoms with Crippen LogP contribution in [0.15, 0.2) is 28.8 Å². The number of benzene rings is 1. The van der Waals surface area contributed by atoms with Crippen LogP contribution in [0, 0.1) is 0 Å². The van der Waals surface area contributed by atoms with Crippen LogP contribution in [0.3, 0.4) is 0 Å². The van der Waals surface area contributed by atoms with Crippen LogP contribution >= 0.6 is 0 Å². The number of oxazole rings is 1. The van der Waals surface area contributed by atoms with Crippen molar-refractivity contribution in [2.75, 3.05) is 7.11 Å². The van der Waals surface area contributed by atoms with Gasteiger partial charge in [0.05, 0.1) is 18.8 Å². The Bertz CT molecular complexity index is 801. The number of hydrogen-bond donors (Lipinski definition) is 2. The summed E-state index contributed by atoms with van der Waals surface area (Å²) in [7, 11) is 1.62. The van der Waals surface area contributed by atoms with Crippen LogP contribution in [0.2, 0.25) is 0 Å². The number of nitrogens with zero attached hydrogens (tertiary/aromatic N) is 2. The molecule has 1 aliphatic rings. The Kier molecular flexibility index (Phi) is 2.56. The van der Waals surface area contributed by atoms with E-state index < -0.39 is 0 Å². The standard InChI is InChI=1S/C15H16N4O2/c1-20-9-3-4-10-12(7-9)21-13(18-10)11-8-17-14(19-11)15(16)5-2-6-15/h3-4,7-8H,2,5-6,16H2,1H3,(H,17,19). The van der Waals surface area contributed by atoms with Crippen molar-refractivity contribution in [3.63, 3.8) is 0 Å². The Morgan fingerprint density at radius 1 is 1.38 bits per heavy atom. The van der Waals surface area contributed by atoms with E-state index in [1.165, 1.54) is 0 Å². The first-order valence-corrected chi connectivity index (χ1v) is 6.97. The first-order chi connectivity index (χ1) is 10.2. The number of H-pyrrole nitrogens is 1. The number of aromatic nitrogens is 3. The Hall–Kier alpha value is -2.34. The van der Waals surface area contributed by atoms with Crippen molar-refractivity contribution < 1.29 is 9.15 Å². The molecule has 2 aromatic heterocycles. The fourth-order valence-corrected chi connectivity index (χ4v) is 2.62. The molecule has 21 heavy (non-hydrogen) atoms. The molecular weight excluding hydrogens is 268 g/mol. The van der Waals surface area contributed by atoms with Crippen molar-refractivity contribution in [1.29, 1.82) is 0 Å². The fourth-order valence-electron chi connectivity index (χ4n) is 2.62. The third-order valence-electron chi connectivity index (χ3n) is 4.12. The summed E-state index contributed by atoms with van der Waals surface area (Å²) in [4.78, 5) is 12.1. The molecule has 1 saturated carbocycles. The van der Waals surface area contributed by atoms with Crippen LogP contribution in [0.25, 0.3) is 22.7 Å². The van der Waals surface area contributed by atoms with E-state index >= 15 is 0 Å². The van der Waals surface area contributed by atoms with Gasteiger partial charge in [0.2, 0.25) is 5.89 Å². The molecule has 2 heterocycles. The molecule has 0 spiro atoms. The van der Waals surface area contributed by atoms with E-state index in [0.717, 1.165) is 42.0 Å². The number of imidazole rings is 1. The van der Waals surface area contributed by atoms with Gasteiger partial charge in [-0.25, -0.2) is 9.97 Å². The summed E-state index contributed by atoms with van der Waals surface area (Å²) < 4.78 is 11.0. The summed E-state index contributed by atoms with van der Waals surface area (Å²) in [6.45, 7) is 0. The van der Waals surface area contributed by atoms with Crippen LogP contribution in [0.4, 0.5) is 0 Å². The molecule has 1 aromatic carbocycles. The Morgan fingerprint density at radius 2 is 2.24 bits per heavy atom. The van der Waals surface area contributed by atoms with Crippen molar-refractivity contribution >= 4 is 11.1 Å². The Labute approximate surface area is 121 Å². The molecule has 1 aliphatic carbocycles. The van der Waals surface area contributed by atoms with Crippen molar-refractivity contribution in [2.45, 2.75) is 24.8 Å². The van der Waals surface area contributed by atoms with Gasteiger partial charge in [-0.2, -0.15) is 0 Å². The molecule has 1 fully saturated rings. The second-order valence-electron chi connectivity index (χ2n) is 5.51. The number of nitrogens with one attached hydrogen (secondary N) is 1. The van der Waals surface area contributed by atoms with Gasteiger partial charge in [0, 0.05) is 6.07 Å². The molecule has 0 bridgehead atoms. The quantitative estimate of drug-likeness (QED) is 0.771. The number of rotatable bonds is 3. The van der Waals surface area contributed by atoms with E-state index in [9.17, 15) is 0 Å². The van der Waals surface area contributed by atoms with Gasteiger partial charge in [-0.1, -0.05) is 0 Å². The predicted molar refractivity (Wildman–Crippen MR) is 77.9 cm³/mol. The molecule has 0 unspecified atom stereocenters. The number of aromatic amines is 1. The van der Waals surface area contributed by atoms with E-state index in [1.807, 2.05) is 18.2 Å². The highest BCUT2D eigenvalue weighted by molar-refractivity contribution is 5.77. The maximum atomic E-state index is 6.27. The average Bonchev–Trinajstić information content (AvgIpc) is 3.10. The van der Waals surface area contributed by atoms with Gasteiger partial charge in [0.25, 0.3) is 0 Å². The van der Waals surface area contributed by atoms with Gasteiger partial charge in [-0.05, 0) is 31.4 Å². The Balaban J connectivity index is 1.73. The third-order valence-corrected chi connectivity index (χ3v) is 4.12. The van der Waals surface area contributed by atoms with Crippen molar-refractivity contribution in [3.05, 3.63) is 30.2 Å². The minimum atomic E-state index is -0.312. The van der Waals surface area contributed by atoms with Gasteiger partial charge in [-0.15, -0.1) is 0 Å². The highest BCUT2D eigenvalue weighted by atomic mass is 16.5. The number of methoxy groups -OCH3 is 1. The second-order valence-corrected chi connectivity index (χ2v) is 5.51. The molecule has 0 aliphatic heterocycles. The zero-order valence-corrected chi connectivity index (χ0v) is 11.7. The largest absolute Gasteiger partial charge is 0.497 e. The number of fused-ring (bicyclic) bond motifs is 1. The topological polar surface area (TPSA) is 90.0 Å². The molecule has 6 heteroatoms. The van der Waals surface area contributed by atoms with Crippen LogP contribution < -0.4 is 10.5 Å². The normalized spacial score (nSPS) is 16.9. The van der Waals surface area contributed by atoms with Crippen molar-refractivity contribution in [2.24, 2.45) is 5.73 Å². The fraction of sp³-hybridized carbons (Fsp3) is 0.333. The van der Waals surface area contributed by atoms with Crippen LogP contribution in [0.5, 0.6) is 5.75 Å². The molecule has 0 amide bonds. The molecule has 4 rings (SSSR count). The molecule has 108 valence electrons. The summed E-state index contributed by atoms with van der Waals surface area (Å²) in [6, 6.07) is 5.55. The molecule has 0 saturated heterocycles. The number of hydrogen-bond acceptors (Lipinski definition) is 5. The van der Waals surface area contributed by atoms with E-state index in [4.69, 9.17) is 14.9 Å². The lowest BCUT2D eigenvalue weighted by atomic mass is 9.77. The van der Waals surface area contributed by atoms with Crippen LogP contribution in [0.1, 0.15) is 25.1 Å². The van der Waals surface area contributed by atoms with Crippen LogP contribution in [-0.2, 0) is 5.54 Å². The lowest BCUT2D eigenvalue weighted by molar-refractivity contribution is 0.240. The van der Waals surface area contributed by atoms with Gasteiger partial charge in [-0.3, -0.25) is 0 Å². The van der Waals surface area contributed by atoms with Gasteiger partial charge >= 0.3 is 0 Å².